The molecule has 0 radical (unpaired) electrons. The molecule has 0 N–H and O–H groups in total. The number of amides is 1. The van der Waals surface area contributed by atoms with E-state index in [2.05, 4.69) is 14.3 Å². The summed E-state index contributed by atoms with van der Waals surface area (Å²) in [7, 11) is 4.31. The Morgan fingerprint density at radius 1 is 1.39 bits per heavy atom. The van der Waals surface area contributed by atoms with E-state index in [1.807, 2.05) is 12.1 Å². The number of Topliss-reactive ketones (excluding diaryl/α,β-unsaturated/α-hetero) is 1. The summed E-state index contributed by atoms with van der Waals surface area (Å²) in [6.07, 6.45) is 5.01. The Kier molecular flexibility index (Phi) is 3.31. The first kappa shape index (κ1) is 15.6. The van der Waals surface area contributed by atoms with Gasteiger partial charge < -0.3 is 0 Å². The average molecular weight is 328 g/mol. The molecule has 23 heavy (non-hydrogen) atoms. The smallest absolute Gasteiger partial charge is 0.246 e. The van der Waals surface area contributed by atoms with Crippen molar-refractivity contribution in [1.29, 1.82) is 5.26 Å². The number of nitrogens with zero attached hydrogens (tertiary/aromatic N) is 4. The number of fused-ring (bicyclic) bond motifs is 1. The maximum absolute atomic E-state index is 13.1. The molecule has 1 aromatic heterocycles. The predicted molar refractivity (Wildman–Crippen MR) is 88.6 cm³/mol. The molecule has 1 aliphatic heterocycles. The van der Waals surface area contributed by atoms with E-state index >= 15 is 0 Å². The third kappa shape index (κ3) is 2.00. The molecule has 1 aliphatic carbocycles. The van der Waals surface area contributed by atoms with Crippen molar-refractivity contribution >= 4 is 26.7 Å². The van der Waals surface area contributed by atoms with Gasteiger partial charge in [-0.05, 0) is 25.5 Å². The Bertz CT molecular complexity index is 827. The minimum atomic E-state index is -1.08. The van der Waals surface area contributed by atoms with Crippen LogP contribution in [0.1, 0.15) is 13.8 Å². The molecule has 1 aromatic rings. The molecule has 1 amide bonds. The Labute approximate surface area is 136 Å². The van der Waals surface area contributed by atoms with Gasteiger partial charge in [0, 0.05) is 19.7 Å². The zero-order valence-electron chi connectivity index (χ0n) is 13.2. The largest absolute Gasteiger partial charge is 0.292 e. The second-order valence-electron chi connectivity index (χ2n) is 6.34. The molecule has 3 rings (SSSR count). The predicted octanol–water partition coefficient (Wildman–Crippen LogP) is 1.37. The molecule has 0 fully saturated rings. The van der Waals surface area contributed by atoms with E-state index in [1.54, 1.807) is 42.7 Å². The summed E-state index contributed by atoms with van der Waals surface area (Å²) >= 11 is 0. The van der Waals surface area contributed by atoms with Crippen molar-refractivity contribution in [3.05, 3.63) is 35.6 Å². The summed E-state index contributed by atoms with van der Waals surface area (Å²) in [5.41, 5.74) is -0.125. The summed E-state index contributed by atoms with van der Waals surface area (Å²) in [5.74, 6) is 0.247. The first-order chi connectivity index (χ1) is 10.7. The topological polar surface area (TPSA) is 79.0 Å². The second kappa shape index (κ2) is 4.87. The molecule has 6 nitrogen and oxygen atoms in total. The van der Waals surface area contributed by atoms with Gasteiger partial charge in [-0.2, -0.15) is 10.4 Å². The van der Waals surface area contributed by atoms with E-state index in [-0.39, 0.29) is 17.3 Å². The maximum atomic E-state index is 13.1. The number of hydrogen-bond donors (Lipinski definition) is 0. The highest BCUT2D eigenvalue weighted by atomic mass is 31.0. The van der Waals surface area contributed by atoms with E-state index in [1.165, 1.54) is 6.08 Å². The molecule has 1 unspecified atom stereocenters. The Balaban J connectivity index is 2.18. The number of rotatable bonds is 1. The minimum absolute atomic E-state index is 0.0300. The van der Waals surface area contributed by atoms with Crippen molar-refractivity contribution < 1.29 is 9.59 Å². The molecule has 0 spiro atoms. The zero-order chi connectivity index (χ0) is 17.0. The van der Waals surface area contributed by atoms with Crippen LogP contribution in [0.3, 0.4) is 0 Å². The van der Waals surface area contributed by atoms with E-state index in [0.29, 0.717) is 12.4 Å². The summed E-state index contributed by atoms with van der Waals surface area (Å²) < 4.78 is 1.62. The fourth-order valence-corrected chi connectivity index (χ4v) is 4.15. The normalized spacial score (nSPS) is 26.3. The Hall–Kier alpha value is -2.25. The molecule has 0 saturated heterocycles. The Morgan fingerprint density at radius 2 is 2.09 bits per heavy atom. The van der Waals surface area contributed by atoms with Crippen LogP contribution in [0.2, 0.25) is 0 Å². The molecular formula is C16H17N4O2P. The lowest BCUT2D eigenvalue weighted by molar-refractivity contribution is -0.123. The molecule has 2 heterocycles. The summed E-state index contributed by atoms with van der Waals surface area (Å²) in [5, 5.41) is 12.3. The van der Waals surface area contributed by atoms with Crippen molar-refractivity contribution in [2.75, 3.05) is 11.4 Å². The van der Waals surface area contributed by atoms with Crippen LogP contribution in [0, 0.1) is 16.7 Å². The van der Waals surface area contributed by atoms with Gasteiger partial charge in [0.1, 0.15) is 17.0 Å². The number of nitriles is 1. The standard InChI is InChI=1S/C16H17N4O2P/c1-15(2)11-5-7-20(12-4-6-18-19(12)3)14(22)16(11,23)8-10(9-17)13(15)21/h4-6,8H,7,23H2,1-3H3/t16-/m0/s1. The first-order valence-electron chi connectivity index (χ1n) is 7.21. The van der Waals surface area contributed by atoms with Crippen molar-refractivity contribution in [2.45, 2.75) is 19.0 Å². The monoisotopic (exact) mass is 328 g/mol. The minimum Gasteiger partial charge on any atom is -0.292 e. The van der Waals surface area contributed by atoms with Gasteiger partial charge in [0.2, 0.25) is 5.91 Å². The zero-order valence-corrected chi connectivity index (χ0v) is 14.4. The highest BCUT2D eigenvalue weighted by Crippen LogP contribution is 2.50. The van der Waals surface area contributed by atoms with Crippen molar-refractivity contribution in [3.63, 3.8) is 0 Å². The highest BCUT2D eigenvalue weighted by Gasteiger charge is 2.54. The van der Waals surface area contributed by atoms with Crippen LogP contribution in [0.4, 0.5) is 5.82 Å². The third-order valence-electron chi connectivity index (χ3n) is 4.57. The number of carbonyl (C=O) groups is 2. The fourth-order valence-electron chi connectivity index (χ4n) is 3.35. The molecule has 7 heteroatoms. The second-order valence-corrected chi connectivity index (χ2v) is 7.25. The summed E-state index contributed by atoms with van der Waals surface area (Å²) in [6.45, 7) is 3.89. The number of allylic oxidation sites excluding steroid dienone is 1. The van der Waals surface area contributed by atoms with E-state index in [0.717, 1.165) is 5.57 Å². The van der Waals surface area contributed by atoms with Crippen LogP contribution >= 0.6 is 9.24 Å². The number of aromatic nitrogens is 2. The van der Waals surface area contributed by atoms with Crippen LogP contribution in [-0.2, 0) is 16.6 Å². The van der Waals surface area contributed by atoms with E-state index in [4.69, 9.17) is 0 Å². The third-order valence-corrected chi connectivity index (χ3v) is 5.30. The Morgan fingerprint density at radius 3 is 2.65 bits per heavy atom. The molecule has 0 saturated carbocycles. The molecular weight excluding hydrogens is 311 g/mol. The highest BCUT2D eigenvalue weighted by molar-refractivity contribution is 7.22. The van der Waals surface area contributed by atoms with Crippen LogP contribution in [-0.4, -0.2) is 33.2 Å². The van der Waals surface area contributed by atoms with Gasteiger partial charge in [-0.15, -0.1) is 9.24 Å². The number of anilines is 1. The number of hydrogen-bond acceptors (Lipinski definition) is 4. The van der Waals surface area contributed by atoms with Gasteiger partial charge in [0.25, 0.3) is 0 Å². The lowest BCUT2D eigenvalue weighted by Gasteiger charge is -2.45. The lowest BCUT2D eigenvalue weighted by Crippen LogP contribution is -2.55. The van der Waals surface area contributed by atoms with Crippen molar-refractivity contribution in [1.82, 2.24) is 9.78 Å². The molecule has 2 aliphatic rings. The summed E-state index contributed by atoms with van der Waals surface area (Å²) in [4.78, 5) is 27.2. The number of ketones is 1. The van der Waals surface area contributed by atoms with Crippen LogP contribution in [0.5, 0.6) is 0 Å². The maximum Gasteiger partial charge on any atom is 0.246 e. The molecule has 0 aromatic carbocycles. The van der Waals surface area contributed by atoms with E-state index in [9.17, 15) is 14.9 Å². The molecule has 2 atom stereocenters. The van der Waals surface area contributed by atoms with Gasteiger partial charge in [-0.25, -0.2) is 0 Å². The van der Waals surface area contributed by atoms with Gasteiger partial charge in [0.05, 0.1) is 17.2 Å². The SMILES string of the molecule is Cn1nccc1N1CC=C2C(C)(C)C(=O)C(C#N)=C[C@@]2(P)C1=O. The van der Waals surface area contributed by atoms with Crippen LogP contribution in [0.25, 0.3) is 0 Å². The average Bonchev–Trinajstić information content (AvgIpc) is 2.91. The van der Waals surface area contributed by atoms with Gasteiger partial charge in [0.15, 0.2) is 5.78 Å². The fraction of sp³-hybridized carbons (Fsp3) is 0.375. The number of carbonyl (C=O) groups excluding carboxylic acids is 2. The molecule has 0 bridgehead atoms. The summed E-state index contributed by atoms with van der Waals surface area (Å²) in [6, 6.07) is 3.69. The van der Waals surface area contributed by atoms with Crippen LogP contribution < -0.4 is 4.90 Å². The molecule has 118 valence electrons. The van der Waals surface area contributed by atoms with Crippen LogP contribution in [0.15, 0.2) is 35.6 Å². The van der Waals surface area contributed by atoms with Crippen molar-refractivity contribution in [2.24, 2.45) is 12.5 Å². The van der Waals surface area contributed by atoms with Gasteiger partial charge in [-0.1, -0.05) is 6.08 Å². The van der Waals surface area contributed by atoms with E-state index < -0.39 is 10.6 Å². The first-order valence-corrected chi connectivity index (χ1v) is 7.79. The van der Waals surface area contributed by atoms with Crippen molar-refractivity contribution in [3.8, 4) is 6.07 Å². The van der Waals surface area contributed by atoms with Gasteiger partial charge in [-0.3, -0.25) is 19.2 Å². The quantitative estimate of drug-likeness (QED) is 0.576. The van der Waals surface area contributed by atoms with Gasteiger partial charge >= 0.3 is 0 Å². The lowest BCUT2D eigenvalue weighted by atomic mass is 9.66. The number of aryl methyl sites for hydroxylation is 1.